The van der Waals surface area contributed by atoms with Crippen LogP contribution in [0.2, 0.25) is 0 Å². The zero-order valence-electron chi connectivity index (χ0n) is 21.2. The highest BCUT2D eigenvalue weighted by atomic mass is 32.1. The van der Waals surface area contributed by atoms with E-state index in [0.29, 0.717) is 17.5 Å². The summed E-state index contributed by atoms with van der Waals surface area (Å²) in [5.74, 6) is -0.888. The van der Waals surface area contributed by atoms with Crippen molar-refractivity contribution in [3.05, 3.63) is 130 Å². The Morgan fingerprint density at radius 2 is 1.62 bits per heavy atom. The Hall–Kier alpha value is -4.29. The Morgan fingerprint density at radius 3 is 2.31 bits per heavy atom. The highest BCUT2D eigenvalue weighted by Crippen LogP contribution is 2.41. The van der Waals surface area contributed by atoms with Crippen LogP contribution in [0.1, 0.15) is 56.0 Å². The summed E-state index contributed by atoms with van der Waals surface area (Å²) in [4.78, 5) is 26.7. The Morgan fingerprint density at radius 1 is 0.872 bits per heavy atom. The van der Waals surface area contributed by atoms with Gasteiger partial charge in [-0.2, -0.15) is 0 Å². The average molecular weight is 535 g/mol. The van der Waals surface area contributed by atoms with Gasteiger partial charge < -0.3 is 11.1 Å². The van der Waals surface area contributed by atoms with Gasteiger partial charge in [-0.05, 0) is 77.9 Å². The first-order valence-electron chi connectivity index (χ1n) is 13.0. The number of benzene rings is 4. The van der Waals surface area contributed by atoms with Crippen LogP contribution in [0.5, 0.6) is 0 Å². The number of halogens is 1. The summed E-state index contributed by atoms with van der Waals surface area (Å²) in [6, 6.07) is 29.9. The second kappa shape index (κ2) is 10.1. The van der Waals surface area contributed by atoms with Crippen molar-refractivity contribution in [3.63, 3.8) is 0 Å². The lowest BCUT2D eigenvalue weighted by molar-refractivity contribution is 0.0823. The van der Waals surface area contributed by atoms with E-state index in [-0.39, 0.29) is 17.3 Å². The third-order valence-electron chi connectivity index (χ3n) is 7.63. The summed E-state index contributed by atoms with van der Waals surface area (Å²) < 4.78 is 14.3. The molecule has 4 nitrogen and oxygen atoms in total. The zero-order valence-corrected chi connectivity index (χ0v) is 22.1. The van der Waals surface area contributed by atoms with Gasteiger partial charge in [-0.3, -0.25) is 9.59 Å². The van der Waals surface area contributed by atoms with Gasteiger partial charge in [0.1, 0.15) is 5.82 Å². The predicted octanol–water partition coefficient (Wildman–Crippen LogP) is 7.21. The molecule has 194 valence electrons. The molecule has 1 aliphatic carbocycles. The molecule has 5 aromatic rings. The van der Waals surface area contributed by atoms with Gasteiger partial charge in [0.25, 0.3) is 5.91 Å². The number of primary amides is 1. The molecule has 1 heterocycles. The number of nitrogens with one attached hydrogen (secondary N) is 1. The average Bonchev–Trinajstić information content (AvgIpc) is 3.29. The van der Waals surface area contributed by atoms with Crippen LogP contribution < -0.4 is 11.1 Å². The minimum absolute atomic E-state index is 0.101. The third kappa shape index (κ3) is 4.84. The molecule has 6 rings (SSSR count). The fourth-order valence-electron chi connectivity index (χ4n) is 5.41. The largest absolute Gasteiger partial charge is 0.366 e. The summed E-state index contributed by atoms with van der Waals surface area (Å²) in [6.07, 6.45) is 3.42. The maximum Gasteiger partial charge on any atom is 0.251 e. The van der Waals surface area contributed by atoms with Gasteiger partial charge in [0.2, 0.25) is 5.91 Å². The van der Waals surface area contributed by atoms with E-state index in [1.54, 1.807) is 12.1 Å². The van der Waals surface area contributed by atoms with Crippen LogP contribution in [-0.2, 0) is 12.0 Å². The van der Waals surface area contributed by atoms with Gasteiger partial charge in [0, 0.05) is 26.9 Å². The first-order valence-corrected chi connectivity index (χ1v) is 13.8. The number of amides is 2. The molecule has 0 radical (unpaired) electrons. The van der Waals surface area contributed by atoms with E-state index in [2.05, 4.69) is 17.4 Å². The summed E-state index contributed by atoms with van der Waals surface area (Å²) in [5.41, 5.74) is 10.4. The van der Waals surface area contributed by atoms with Gasteiger partial charge in [-0.25, -0.2) is 4.39 Å². The molecule has 0 atom stereocenters. The minimum Gasteiger partial charge on any atom is -0.366 e. The molecule has 3 N–H and O–H groups in total. The highest BCUT2D eigenvalue weighted by Gasteiger charge is 2.40. The molecule has 0 aliphatic heterocycles. The van der Waals surface area contributed by atoms with Gasteiger partial charge >= 0.3 is 0 Å². The molecular weight excluding hydrogens is 507 g/mol. The molecule has 1 aliphatic rings. The summed E-state index contributed by atoms with van der Waals surface area (Å²) >= 11 is 1.52. The van der Waals surface area contributed by atoms with Gasteiger partial charge in [0.15, 0.2) is 0 Å². The van der Waals surface area contributed by atoms with Gasteiger partial charge in [-0.15, -0.1) is 11.3 Å². The van der Waals surface area contributed by atoms with Crippen molar-refractivity contribution >= 4 is 33.2 Å². The first-order chi connectivity index (χ1) is 18.9. The summed E-state index contributed by atoms with van der Waals surface area (Å²) in [7, 11) is 0. The maximum absolute atomic E-state index is 13.4. The van der Waals surface area contributed by atoms with Crippen LogP contribution in [0.4, 0.5) is 4.39 Å². The number of nitrogens with two attached hydrogens (primary N) is 1. The fraction of sp³-hybridized carbons (Fsp3) is 0.152. The van der Waals surface area contributed by atoms with E-state index < -0.39 is 5.91 Å². The first kappa shape index (κ1) is 25.0. The van der Waals surface area contributed by atoms with E-state index in [1.165, 1.54) is 23.5 Å². The molecule has 0 unspecified atom stereocenters. The predicted molar refractivity (Wildman–Crippen MR) is 154 cm³/mol. The Balaban J connectivity index is 1.31. The van der Waals surface area contributed by atoms with Crippen LogP contribution in [0, 0.1) is 5.82 Å². The smallest absolute Gasteiger partial charge is 0.251 e. The molecule has 2 amide bonds. The lowest BCUT2D eigenvalue weighted by Crippen LogP contribution is -2.50. The number of rotatable bonds is 7. The summed E-state index contributed by atoms with van der Waals surface area (Å²) in [6.45, 7) is 0. The third-order valence-corrected chi connectivity index (χ3v) is 8.80. The highest BCUT2D eigenvalue weighted by molar-refractivity contribution is 7.19. The van der Waals surface area contributed by atoms with E-state index in [4.69, 9.17) is 5.73 Å². The second-order valence-corrected chi connectivity index (χ2v) is 11.3. The van der Waals surface area contributed by atoms with Crippen molar-refractivity contribution in [2.45, 2.75) is 31.2 Å². The number of carbonyl (C=O) groups is 2. The molecule has 39 heavy (non-hydrogen) atoms. The molecule has 1 fully saturated rings. The van der Waals surface area contributed by atoms with Crippen molar-refractivity contribution in [3.8, 4) is 11.1 Å². The maximum atomic E-state index is 13.4. The zero-order chi connectivity index (χ0) is 27.0. The monoisotopic (exact) mass is 534 g/mol. The number of fused-ring (bicyclic) bond motifs is 1. The van der Waals surface area contributed by atoms with Gasteiger partial charge in [-0.1, -0.05) is 60.7 Å². The van der Waals surface area contributed by atoms with E-state index in [0.717, 1.165) is 56.5 Å². The quantitative estimate of drug-likeness (QED) is 0.232. The lowest BCUT2D eigenvalue weighted by Gasteiger charge is -2.43. The van der Waals surface area contributed by atoms with Crippen LogP contribution in [0.25, 0.3) is 21.2 Å². The normalized spacial score (nSPS) is 14.1. The molecule has 6 heteroatoms. The molecular formula is C33H27FN2O2S. The molecule has 1 saturated carbocycles. The van der Waals surface area contributed by atoms with Crippen molar-refractivity contribution in [2.24, 2.45) is 5.73 Å². The Labute approximate surface area is 230 Å². The number of hydrogen-bond donors (Lipinski definition) is 2. The Kier molecular flexibility index (Phi) is 6.49. The van der Waals surface area contributed by atoms with Crippen molar-refractivity contribution in [1.29, 1.82) is 0 Å². The van der Waals surface area contributed by atoms with Crippen LogP contribution >= 0.6 is 11.3 Å². The number of carbonyl (C=O) groups excluding carboxylic acids is 2. The van der Waals surface area contributed by atoms with Crippen molar-refractivity contribution < 1.29 is 14.0 Å². The molecule has 0 saturated heterocycles. The topological polar surface area (TPSA) is 72.2 Å². The SMILES string of the molecule is NC(=O)c1c(Cc2ccc(F)cc2)sc2ccc(-c3cccc(C(=O)NC4(c5ccccc5)CCC4)c3)cc12. The number of hydrogen-bond acceptors (Lipinski definition) is 3. The van der Waals surface area contributed by atoms with Gasteiger partial charge in [0.05, 0.1) is 11.1 Å². The molecule has 0 spiro atoms. The Bertz CT molecular complexity index is 1690. The molecule has 4 aromatic carbocycles. The summed E-state index contributed by atoms with van der Waals surface area (Å²) in [5, 5.41) is 4.09. The van der Waals surface area contributed by atoms with E-state index >= 15 is 0 Å². The lowest BCUT2D eigenvalue weighted by atomic mass is 9.71. The minimum atomic E-state index is -0.490. The molecule has 0 bridgehead atoms. The number of thiophene rings is 1. The molecule has 1 aromatic heterocycles. The standard InChI is InChI=1S/C33H27FN2O2S/c34-26-13-10-21(11-14-26)18-29-30(31(35)37)27-20-23(12-15-28(27)39-29)22-6-4-7-24(19-22)32(38)36-33(16-5-17-33)25-8-2-1-3-9-25/h1-4,6-15,19-20H,5,16-18H2,(H2,35,37)(H,36,38). The second-order valence-electron chi connectivity index (χ2n) is 10.1. The van der Waals surface area contributed by atoms with Crippen LogP contribution in [-0.4, -0.2) is 11.8 Å². The fourth-order valence-corrected chi connectivity index (χ4v) is 6.64. The van der Waals surface area contributed by atoms with Crippen molar-refractivity contribution in [1.82, 2.24) is 5.32 Å². The van der Waals surface area contributed by atoms with Crippen LogP contribution in [0.3, 0.4) is 0 Å². The van der Waals surface area contributed by atoms with Crippen LogP contribution in [0.15, 0.2) is 97.1 Å². The van der Waals surface area contributed by atoms with E-state index in [1.807, 2.05) is 60.7 Å². The van der Waals surface area contributed by atoms with Crippen molar-refractivity contribution in [2.75, 3.05) is 0 Å². The van der Waals surface area contributed by atoms with E-state index in [9.17, 15) is 14.0 Å².